The number of rotatable bonds is 13. The Hall–Kier alpha value is -3.51. The zero-order chi connectivity index (χ0) is 32.0. The Bertz CT molecular complexity index is 1440. The van der Waals surface area contributed by atoms with Gasteiger partial charge in [0.25, 0.3) is 5.91 Å². The summed E-state index contributed by atoms with van der Waals surface area (Å²) in [6.07, 6.45) is 3.44. The van der Waals surface area contributed by atoms with E-state index in [2.05, 4.69) is 74.3 Å². The minimum atomic E-state index is -0.739. The van der Waals surface area contributed by atoms with Crippen LogP contribution in [0.4, 0.5) is 5.69 Å². The number of benzene rings is 3. The molecule has 0 spiro atoms. The fraction of sp³-hybridized carbons (Fsp3) is 0.459. The lowest BCUT2D eigenvalue weighted by molar-refractivity contribution is -0.147. The van der Waals surface area contributed by atoms with Crippen molar-refractivity contribution in [1.29, 1.82) is 0 Å². The highest BCUT2D eigenvalue weighted by Crippen LogP contribution is 2.44. The van der Waals surface area contributed by atoms with Gasteiger partial charge in [0.05, 0.1) is 13.2 Å². The molecule has 0 aromatic heterocycles. The SMILES string of the molecule is CCCCc1ccc([C@H](C)NC(=O)c2ccc3c(c2)N(CC(C)C)C(C)C3Cc2cc(Cl)cc(O[C@H](C)C(=O)OC)c2)cc1. The lowest BCUT2D eigenvalue weighted by atomic mass is 9.88. The molecule has 1 amide bonds. The van der Waals surface area contributed by atoms with Crippen molar-refractivity contribution in [3.8, 4) is 5.75 Å². The first kappa shape index (κ1) is 33.4. The fourth-order valence-electron chi connectivity index (χ4n) is 6.08. The van der Waals surface area contributed by atoms with Crippen molar-refractivity contribution in [3.63, 3.8) is 0 Å². The third-order valence-electron chi connectivity index (χ3n) is 8.52. The molecule has 3 aromatic rings. The molecule has 0 saturated heterocycles. The topological polar surface area (TPSA) is 67.9 Å². The molecule has 0 bridgehead atoms. The molecule has 0 radical (unpaired) electrons. The van der Waals surface area contributed by atoms with Crippen LogP contribution < -0.4 is 15.0 Å². The van der Waals surface area contributed by atoms with Crippen LogP contribution in [-0.4, -0.2) is 37.7 Å². The second-order valence-corrected chi connectivity index (χ2v) is 12.9. The average molecular weight is 619 g/mol. The number of amides is 1. The number of unbranched alkanes of at least 4 members (excludes halogenated alkanes) is 1. The number of hydrogen-bond donors (Lipinski definition) is 1. The largest absolute Gasteiger partial charge is 0.479 e. The second-order valence-electron chi connectivity index (χ2n) is 12.5. The average Bonchev–Trinajstić information content (AvgIpc) is 3.24. The van der Waals surface area contributed by atoms with Crippen molar-refractivity contribution in [2.75, 3.05) is 18.6 Å². The molecular weight excluding hydrogens is 572 g/mol. The third kappa shape index (κ3) is 8.15. The minimum absolute atomic E-state index is 0.0766. The number of esters is 1. The molecule has 0 aliphatic carbocycles. The molecule has 1 aliphatic heterocycles. The molecule has 1 heterocycles. The van der Waals surface area contributed by atoms with E-state index in [-0.39, 0.29) is 23.9 Å². The van der Waals surface area contributed by atoms with Crippen LogP contribution >= 0.6 is 11.6 Å². The van der Waals surface area contributed by atoms with Crippen molar-refractivity contribution < 1.29 is 19.1 Å². The number of methoxy groups -OCH3 is 1. The number of carbonyl (C=O) groups excluding carboxylic acids is 2. The third-order valence-corrected chi connectivity index (χ3v) is 8.73. The van der Waals surface area contributed by atoms with Crippen LogP contribution in [0.5, 0.6) is 5.75 Å². The Balaban J connectivity index is 1.55. The Morgan fingerprint density at radius 1 is 0.977 bits per heavy atom. The van der Waals surface area contributed by atoms with Gasteiger partial charge in [-0.3, -0.25) is 4.79 Å². The first-order valence-electron chi connectivity index (χ1n) is 15.8. The van der Waals surface area contributed by atoms with E-state index in [4.69, 9.17) is 21.1 Å². The van der Waals surface area contributed by atoms with E-state index in [0.29, 0.717) is 22.3 Å². The minimum Gasteiger partial charge on any atom is -0.479 e. The van der Waals surface area contributed by atoms with E-state index >= 15 is 0 Å². The van der Waals surface area contributed by atoms with Gasteiger partial charge < -0.3 is 19.7 Å². The molecule has 1 N–H and O–H groups in total. The highest BCUT2D eigenvalue weighted by molar-refractivity contribution is 6.30. The lowest BCUT2D eigenvalue weighted by Crippen LogP contribution is -2.35. The van der Waals surface area contributed by atoms with Crippen LogP contribution in [0.3, 0.4) is 0 Å². The number of nitrogens with zero attached hydrogens (tertiary/aromatic N) is 1. The van der Waals surface area contributed by atoms with Gasteiger partial charge in [0.1, 0.15) is 5.75 Å². The molecule has 1 aliphatic rings. The monoisotopic (exact) mass is 618 g/mol. The van der Waals surface area contributed by atoms with Crippen molar-refractivity contribution in [2.45, 2.75) is 91.3 Å². The molecule has 4 atom stereocenters. The molecule has 7 heteroatoms. The lowest BCUT2D eigenvalue weighted by Gasteiger charge is -2.29. The Morgan fingerprint density at radius 3 is 2.36 bits per heavy atom. The van der Waals surface area contributed by atoms with Crippen LogP contribution in [-0.2, 0) is 22.4 Å². The smallest absolute Gasteiger partial charge is 0.346 e. The molecule has 44 heavy (non-hydrogen) atoms. The van der Waals surface area contributed by atoms with Crippen LogP contribution in [0, 0.1) is 5.92 Å². The predicted octanol–water partition coefficient (Wildman–Crippen LogP) is 8.30. The van der Waals surface area contributed by atoms with Gasteiger partial charge in [0, 0.05) is 34.8 Å². The zero-order valence-electron chi connectivity index (χ0n) is 27.2. The van der Waals surface area contributed by atoms with Gasteiger partial charge in [-0.25, -0.2) is 4.79 Å². The summed E-state index contributed by atoms with van der Waals surface area (Å²) in [5.74, 6) is 0.659. The summed E-state index contributed by atoms with van der Waals surface area (Å²) >= 11 is 6.48. The van der Waals surface area contributed by atoms with Crippen molar-refractivity contribution in [1.82, 2.24) is 5.32 Å². The van der Waals surface area contributed by atoms with Crippen molar-refractivity contribution >= 4 is 29.2 Å². The summed E-state index contributed by atoms with van der Waals surface area (Å²) in [6, 6.07) is 20.4. The van der Waals surface area contributed by atoms with Gasteiger partial charge in [0.15, 0.2) is 6.10 Å². The fourth-order valence-corrected chi connectivity index (χ4v) is 6.33. The van der Waals surface area contributed by atoms with Crippen LogP contribution in [0.2, 0.25) is 5.02 Å². The van der Waals surface area contributed by atoms with Crippen LogP contribution in [0.25, 0.3) is 0 Å². The normalized spacial score (nSPS) is 17.2. The summed E-state index contributed by atoms with van der Waals surface area (Å²) in [7, 11) is 1.34. The number of anilines is 1. The van der Waals surface area contributed by atoms with Crippen LogP contribution in [0.1, 0.15) is 99.0 Å². The summed E-state index contributed by atoms with van der Waals surface area (Å²) in [5.41, 5.74) is 6.44. The van der Waals surface area contributed by atoms with E-state index in [1.807, 2.05) is 25.1 Å². The first-order chi connectivity index (χ1) is 21.0. The molecule has 236 valence electrons. The number of nitrogens with one attached hydrogen (secondary N) is 1. The Morgan fingerprint density at radius 2 is 1.70 bits per heavy atom. The number of carbonyl (C=O) groups is 2. The summed E-state index contributed by atoms with van der Waals surface area (Å²) in [4.78, 5) is 27.8. The molecule has 4 rings (SSSR count). The molecular formula is C37H47ClN2O4. The predicted molar refractivity (Wildman–Crippen MR) is 179 cm³/mol. The van der Waals surface area contributed by atoms with E-state index in [0.717, 1.165) is 36.2 Å². The maximum absolute atomic E-state index is 13.5. The number of ether oxygens (including phenoxy) is 2. The van der Waals surface area contributed by atoms with Crippen LogP contribution in [0.15, 0.2) is 60.7 Å². The maximum Gasteiger partial charge on any atom is 0.346 e. The van der Waals surface area contributed by atoms with E-state index in [9.17, 15) is 9.59 Å². The molecule has 2 unspecified atom stereocenters. The van der Waals surface area contributed by atoms with Gasteiger partial charge in [0.2, 0.25) is 0 Å². The van der Waals surface area contributed by atoms with Gasteiger partial charge in [-0.15, -0.1) is 0 Å². The Labute approximate surface area is 268 Å². The molecule has 0 saturated carbocycles. The quantitative estimate of drug-likeness (QED) is 0.195. The first-order valence-corrected chi connectivity index (χ1v) is 16.2. The van der Waals surface area contributed by atoms with Crippen molar-refractivity contribution in [3.05, 3.63) is 93.5 Å². The summed E-state index contributed by atoms with van der Waals surface area (Å²) in [5, 5.41) is 3.76. The number of fused-ring (bicyclic) bond motifs is 1. The van der Waals surface area contributed by atoms with Gasteiger partial charge in [-0.1, -0.05) is 69.1 Å². The second kappa shape index (κ2) is 15.0. The summed E-state index contributed by atoms with van der Waals surface area (Å²) in [6.45, 7) is 13.5. The van der Waals surface area contributed by atoms with Crippen molar-refractivity contribution in [2.24, 2.45) is 5.92 Å². The number of halogens is 1. The highest BCUT2D eigenvalue weighted by atomic mass is 35.5. The number of aryl methyl sites for hydroxylation is 1. The summed E-state index contributed by atoms with van der Waals surface area (Å²) < 4.78 is 10.6. The van der Waals surface area contributed by atoms with Gasteiger partial charge in [-0.05, 0) is 98.5 Å². The highest BCUT2D eigenvalue weighted by Gasteiger charge is 2.36. The molecule has 0 fully saturated rings. The van der Waals surface area contributed by atoms with Gasteiger partial charge in [-0.2, -0.15) is 0 Å². The van der Waals surface area contributed by atoms with E-state index < -0.39 is 12.1 Å². The molecule has 6 nitrogen and oxygen atoms in total. The zero-order valence-corrected chi connectivity index (χ0v) is 27.9. The molecule has 3 aromatic carbocycles. The van der Waals surface area contributed by atoms with E-state index in [1.165, 1.54) is 31.1 Å². The Kier molecular flexibility index (Phi) is 11.4. The number of hydrogen-bond acceptors (Lipinski definition) is 5. The standard InChI is InChI=1S/C37H47ClN2O4/c1-8-9-10-27-11-13-29(14-12-27)24(4)39-36(41)30-15-16-33-34(25(5)40(22-23(2)3)35(33)20-30)19-28-17-31(38)21-32(18-28)44-26(6)37(42)43-7/h11-18,20-21,23-26,34H,8-10,19,22H2,1-7H3,(H,39,41)/t24-,25?,26+,34?/m0/s1. The van der Waals surface area contributed by atoms with E-state index in [1.54, 1.807) is 13.0 Å². The maximum atomic E-state index is 13.5. The van der Waals surface area contributed by atoms with Gasteiger partial charge >= 0.3 is 5.97 Å².